The molecule has 1 N–H and O–H groups in total. The van der Waals surface area contributed by atoms with Crippen molar-refractivity contribution in [2.24, 2.45) is 11.8 Å². The second kappa shape index (κ2) is 5.59. The van der Waals surface area contributed by atoms with Gasteiger partial charge in [0, 0.05) is 19.0 Å². The van der Waals surface area contributed by atoms with Crippen LogP contribution in [-0.2, 0) is 14.3 Å². The van der Waals surface area contributed by atoms with Gasteiger partial charge in [0.25, 0.3) is 0 Å². The van der Waals surface area contributed by atoms with Gasteiger partial charge in [-0.3, -0.25) is 9.59 Å². The summed E-state index contributed by atoms with van der Waals surface area (Å²) in [5.41, 5.74) is -0.640. The molecular formula is C13H21NO5. The molecule has 1 saturated heterocycles. The molecule has 0 aromatic carbocycles. The van der Waals surface area contributed by atoms with Crippen LogP contribution in [0, 0.1) is 11.8 Å². The number of rotatable bonds is 2. The number of hydrogen-bond donors (Lipinski definition) is 1. The molecule has 1 aliphatic heterocycles. The van der Waals surface area contributed by atoms with Crippen molar-refractivity contribution >= 4 is 17.8 Å². The number of carboxylic acid groups (broad SMARTS) is 1. The average Bonchev–Trinajstić information content (AvgIpc) is 2.25. The van der Waals surface area contributed by atoms with Crippen molar-refractivity contribution in [2.75, 3.05) is 13.1 Å². The van der Waals surface area contributed by atoms with Crippen molar-refractivity contribution in [3.63, 3.8) is 0 Å². The molecule has 2 atom stereocenters. The first-order valence-corrected chi connectivity index (χ1v) is 6.31. The van der Waals surface area contributed by atoms with Crippen LogP contribution in [0.4, 0.5) is 4.79 Å². The topological polar surface area (TPSA) is 83.9 Å². The molecule has 0 saturated carbocycles. The van der Waals surface area contributed by atoms with E-state index in [0.717, 1.165) is 0 Å². The van der Waals surface area contributed by atoms with Crippen LogP contribution in [0.2, 0.25) is 0 Å². The van der Waals surface area contributed by atoms with Crippen LogP contribution in [0.3, 0.4) is 0 Å². The number of piperidine rings is 1. The van der Waals surface area contributed by atoms with E-state index in [-0.39, 0.29) is 25.3 Å². The minimum Gasteiger partial charge on any atom is -0.481 e. The van der Waals surface area contributed by atoms with Crippen molar-refractivity contribution < 1.29 is 24.2 Å². The number of carboxylic acids is 1. The number of carbonyl (C=O) groups is 3. The van der Waals surface area contributed by atoms with E-state index >= 15 is 0 Å². The van der Waals surface area contributed by atoms with Gasteiger partial charge in [0.05, 0.1) is 5.92 Å². The highest BCUT2D eigenvalue weighted by molar-refractivity contribution is 5.81. The molecule has 0 radical (unpaired) electrons. The first kappa shape index (κ1) is 15.5. The summed E-state index contributed by atoms with van der Waals surface area (Å²) in [6, 6.07) is 0. The molecule has 6 nitrogen and oxygen atoms in total. The van der Waals surface area contributed by atoms with Gasteiger partial charge in [0.2, 0.25) is 0 Å². The summed E-state index contributed by atoms with van der Waals surface area (Å²) >= 11 is 0. The first-order chi connectivity index (χ1) is 8.60. The molecule has 0 spiro atoms. The van der Waals surface area contributed by atoms with E-state index < -0.39 is 29.5 Å². The third-order valence-corrected chi connectivity index (χ3v) is 3.03. The fourth-order valence-corrected chi connectivity index (χ4v) is 2.05. The minimum atomic E-state index is -0.987. The number of ether oxygens (including phenoxy) is 1. The summed E-state index contributed by atoms with van der Waals surface area (Å²) in [6.45, 7) is 6.97. The fraction of sp³-hybridized carbons (Fsp3) is 0.769. The molecule has 2 unspecified atom stereocenters. The second-order valence-corrected chi connectivity index (χ2v) is 5.96. The molecule has 1 fully saturated rings. The van der Waals surface area contributed by atoms with Gasteiger partial charge in [-0.2, -0.15) is 0 Å². The lowest BCUT2D eigenvalue weighted by molar-refractivity contribution is -0.144. The van der Waals surface area contributed by atoms with Crippen LogP contribution in [0.15, 0.2) is 0 Å². The highest BCUT2D eigenvalue weighted by atomic mass is 16.6. The van der Waals surface area contributed by atoms with Gasteiger partial charge in [-0.25, -0.2) is 4.79 Å². The highest BCUT2D eigenvalue weighted by Crippen LogP contribution is 2.24. The average molecular weight is 271 g/mol. The van der Waals surface area contributed by atoms with Crippen LogP contribution in [-0.4, -0.2) is 46.5 Å². The first-order valence-electron chi connectivity index (χ1n) is 6.31. The summed E-state index contributed by atoms with van der Waals surface area (Å²) in [7, 11) is 0. The predicted octanol–water partition coefficient (Wildman–Crippen LogP) is 1.53. The Morgan fingerprint density at radius 2 is 1.68 bits per heavy atom. The quantitative estimate of drug-likeness (QED) is 0.823. The number of Topliss-reactive ketones (excluding diaryl/α,β-unsaturated/α-hetero) is 1. The van der Waals surface area contributed by atoms with Crippen LogP contribution >= 0.6 is 0 Å². The van der Waals surface area contributed by atoms with E-state index in [1.54, 1.807) is 20.8 Å². The van der Waals surface area contributed by atoms with E-state index in [9.17, 15) is 14.4 Å². The Morgan fingerprint density at radius 1 is 1.16 bits per heavy atom. The standard InChI is InChI=1S/C13H21NO5/c1-8(15)9-5-10(11(16)17)7-14(6-9)12(18)19-13(2,3)4/h9-10H,5-7H2,1-4H3,(H,16,17). The second-order valence-electron chi connectivity index (χ2n) is 5.96. The maximum atomic E-state index is 11.9. The summed E-state index contributed by atoms with van der Waals surface area (Å²) in [4.78, 5) is 35.8. The zero-order valence-corrected chi connectivity index (χ0v) is 11.8. The molecule has 1 rings (SSSR count). The molecule has 19 heavy (non-hydrogen) atoms. The minimum absolute atomic E-state index is 0.0913. The monoisotopic (exact) mass is 271 g/mol. The molecule has 1 heterocycles. The van der Waals surface area contributed by atoms with E-state index in [0.29, 0.717) is 0 Å². The van der Waals surface area contributed by atoms with E-state index in [4.69, 9.17) is 9.84 Å². The molecule has 1 amide bonds. The molecule has 0 aromatic heterocycles. The normalized spacial score (nSPS) is 23.9. The van der Waals surface area contributed by atoms with Gasteiger partial charge in [-0.1, -0.05) is 0 Å². The van der Waals surface area contributed by atoms with E-state index in [1.165, 1.54) is 11.8 Å². The Bertz CT molecular complexity index is 363. The van der Waals surface area contributed by atoms with Crippen molar-refractivity contribution in [2.45, 2.75) is 39.7 Å². The summed E-state index contributed by atoms with van der Waals surface area (Å²) in [6.07, 6.45) is -0.283. The summed E-state index contributed by atoms with van der Waals surface area (Å²) in [5.74, 6) is -2.23. The number of nitrogens with zero attached hydrogens (tertiary/aromatic N) is 1. The lowest BCUT2D eigenvalue weighted by Gasteiger charge is -2.36. The third kappa shape index (κ3) is 4.54. The smallest absolute Gasteiger partial charge is 0.410 e. The third-order valence-electron chi connectivity index (χ3n) is 3.03. The zero-order chi connectivity index (χ0) is 14.8. The van der Waals surface area contributed by atoms with Crippen LogP contribution < -0.4 is 0 Å². The number of carbonyl (C=O) groups excluding carboxylic acids is 2. The molecular weight excluding hydrogens is 250 g/mol. The fourth-order valence-electron chi connectivity index (χ4n) is 2.05. The van der Waals surface area contributed by atoms with E-state index in [1.807, 2.05) is 0 Å². The molecule has 1 aliphatic rings. The predicted molar refractivity (Wildman–Crippen MR) is 67.7 cm³/mol. The van der Waals surface area contributed by atoms with Gasteiger partial charge in [-0.05, 0) is 34.1 Å². The lowest BCUT2D eigenvalue weighted by Crippen LogP contribution is -2.49. The van der Waals surface area contributed by atoms with Gasteiger partial charge in [0.15, 0.2) is 0 Å². The maximum Gasteiger partial charge on any atom is 0.410 e. The number of amides is 1. The van der Waals surface area contributed by atoms with Crippen LogP contribution in [0.1, 0.15) is 34.1 Å². The Hall–Kier alpha value is -1.59. The van der Waals surface area contributed by atoms with Crippen molar-refractivity contribution in [3.8, 4) is 0 Å². The van der Waals surface area contributed by atoms with Crippen molar-refractivity contribution in [1.29, 1.82) is 0 Å². The van der Waals surface area contributed by atoms with Crippen molar-refractivity contribution in [1.82, 2.24) is 4.90 Å². The zero-order valence-electron chi connectivity index (χ0n) is 11.8. The molecule has 0 bridgehead atoms. The molecule has 0 aromatic rings. The molecule has 6 heteroatoms. The Balaban J connectivity index is 2.79. The summed E-state index contributed by atoms with van der Waals surface area (Å²) < 4.78 is 5.22. The Labute approximate surface area is 112 Å². The van der Waals surface area contributed by atoms with E-state index in [2.05, 4.69) is 0 Å². The Kier molecular flexibility index (Phi) is 4.55. The van der Waals surface area contributed by atoms with Crippen LogP contribution in [0.5, 0.6) is 0 Å². The van der Waals surface area contributed by atoms with Gasteiger partial charge in [-0.15, -0.1) is 0 Å². The number of ketones is 1. The highest BCUT2D eigenvalue weighted by Gasteiger charge is 2.37. The van der Waals surface area contributed by atoms with Crippen LogP contribution in [0.25, 0.3) is 0 Å². The van der Waals surface area contributed by atoms with Gasteiger partial charge >= 0.3 is 12.1 Å². The number of hydrogen-bond acceptors (Lipinski definition) is 4. The number of aliphatic carboxylic acids is 1. The lowest BCUT2D eigenvalue weighted by atomic mass is 9.87. The van der Waals surface area contributed by atoms with Gasteiger partial charge in [0.1, 0.15) is 11.4 Å². The summed E-state index contributed by atoms with van der Waals surface area (Å²) in [5, 5.41) is 9.08. The Morgan fingerprint density at radius 3 is 2.11 bits per heavy atom. The van der Waals surface area contributed by atoms with Crippen molar-refractivity contribution in [3.05, 3.63) is 0 Å². The molecule has 0 aliphatic carbocycles. The largest absolute Gasteiger partial charge is 0.481 e. The molecule has 108 valence electrons. The SMILES string of the molecule is CC(=O)C1CC(C(=O)O)CN(C(=O)OC(C)(C)C)C1. The number of likely N-dealkylation sites (tertiary alicyclic amines) is 1. The maximum absolute atomic E-state index is 11.9. The van der Waals surface area contributed by atoms with Gasteiger partial charge < -0.3 is 14.7 Å².